The third-order valence-corrected chi connectivity index (χ3v) is 5.56. The van der Waals surface area contributed by atoms with E-state index in [0.717, 1.165) is 11.9 Å². The summed E-state index contributed by atoms with van der Waals surface area (Å²) in [5, 5.41) is 30.5. The predicted octanol–water partition coefficient (Wildman–Crippen LogP) is 0.610. The number of alkyl halides is 1. The van der Waals surface area contributed by atoms with Crippen LogP contribution in [0.3, 0.4) is 0 Å². The summed E-state index contributed by atoms with van der Waals surface area (Å²) in [6.07, 6.45) is 0. The van der Waals surface area contributed by atoms with Crippen molar-refractivity contribution in [2.75, 3.05) is 32.5 Å². The Kier molecular flexibility index (Phi) is 8.03. The van der Waals surface area contributed by atoms with E-state index in [4.69, 9.17) is 11.6 Å². The number of quaternary nitrogens is 1. The lowest BCUT2D eigenvalue weighted by molar-refractivity contribution is -0.902. The van der Waals surface area contributed by atoms with Crippen LogP contribution in [0.15, 0.2) is 35.0 Å². The Morgan fingerprint density at radius 3 is 2.63 bits per heavy atom. The maximum absolute atomic E-state index is 11.7. The van der Waals surface area contributed by atoms with Gasteiger partial charge in [-0.05, 0) is 10.5 Å². The highest BCUT2D eigenvalue weighted by Crippen LogP contribution is 2.37. The van der Waals surface area contributed by atoms with Gasteiger partial charge in [0.2, 0.25) is 5.52 Å². The standard InChI is InChI=1S/C18H20BrClN5O4.BrH/c1-25(2,11-13-6-4-3-5-12(13)10-19)8-7-21-17-16-15(24(28)29-22-16)9-14(20)18(17)23(26)27;/h3-6,9,21H,7-8,10-11H2,1-2H3;1H/q+1;/p-1. The van der Waals surface area contributed by atoms with Gasteiger partial charge < -0.3 is 32.0 Å². The van der Waals surface area contributed by atoms with E-state index in [0.29, 0.717) is 17.6 Å². The fourth-order valence-electron chi connectivity index (χ4n) is 3.18. The number of nitro groups is 1. The summed E-state index contributed by atoms with van der Waals surface area (Å²) in [7, 11) is 4.16. The maximum atomic E-state index is 11.7. The van der Waals surface area contributed by atoms with Crippen LogP contribution in [-0.2, 0) is 11.9 Å². The van der Waals surface area contributed by atoms with E-state index in [1.807, 2.05) is 12.1 Å². The van der Waals surface area contributed by atoms with Crippen molar-refractivity contribution in [3.05, 3.63) is 61.8 Å². The van der Waals surface area contributed by atoms with Crippen LogP contribution in [0, 0.1) is 15.3 Å². The molecule has 162 valence electrons. The van der Waals surface area contributed by atoms with Gasteiger partial charge in [0, 0.05) is 22.1 Å². The van der Waals surface area contributed by atoms with Gasteiger partial charge in [0.25, 0.3) is 5.52 Å². The highest BCUT2D eigenvalue weighted by molar-refractivity contribution is 9.08. The Labute approximate surface area is 196 Å². The number of benzene rings is 2. The van der Waals surface area contributed by atoms with Gasteiger partial charge in [-0.1, -0.05) is 51.8 Å². The number of likely N-dealkylation sites (N-methyl/N-ethyl adjacent to an activating group) is 1. The van der Waals surface area contributed by atoms with Crippen LogP contribution in [0.4, 0.5) is 11.4 Å². The Morgan fingerprint density at radius 2 is 2.00 bits per heavy atom. The quantitative estimate of drug-likeness (QED) is 0.141. The molecule has 3 rings (SSSR count). The second-order valence-electron chi connectivity index (χ2n) is 7.28. The average Bonchev–Trinajstić information content (AvgIpc) is 3.02. The van der Waals surface area contributed by atoms with Gasteiger partial charge in [-0.2, -0.15) is 0 Å². The molecular formula is C18H20Br2ClN5O4. The first-order valence-electron chi connectivity index (χ1n) is 8.78. The fraction of sp³-hybridized carbons (Fsp3) is 0.333. The first kappa shape index (κ1) is 24.3. The van der Waals surface area contributed by atoms with Crippen molar-refractivity contribution in [3.8, 4) is 0 Å². The van der Waals surface area contributed by atoms with Gasteiger partial charge in [-0.25, -0.2) is 0 Å². The first-order valence-corrected chi connectivity index (χ1v) is 10.3. The largest absolute Gasteiger partial charge is 1.00 e. The topological polar surface area (TPSA) is 108 Å². The molecule has 0 radical (unpaired) electrons. The van der Waals surface area contributed by atoms with Crippen molar-refractivity contribution in [1.82, 2.24) is 5.16 Å². The lowest BCUT2D eigenvalue weighted by Crippen LogP contribution is -3.00. The zero-order valence-corrected chi connectivity index (χ0v) is 20.2. The summed E-state index contributed by atoms with van der Waals surface area (Å²) in [6, 6.07) is 9.37. The van der Waals surface area contributed by atoms with Crippen molar-refractivity contribution in [3.63, 3.8) is 0 Å². The van der Waals surface area contributed by atoms with E-state index >= 15 is 0 Å². The second-order valence-corrected chi connectivity index (χ2v) is 8.25. The molecule has 0 saturated heterocycles. The van der Waals surface area contributed by atoms with E-state index in [1.165, 1.54) is 17.2 Å². The predicted molar refractivity (Wildman–Crippen MR) is 113 cm³/mol. The second kappa shape index (κ2) is 9.90. The van der Waals surface area contributed by atoms with Gasteiger partial charge in [-0.3, -0.25) is 14.7 Å². The number of nitrogens with one attached hydrogen (secondary N) is 1. The molecule has 0 bridgehead atoms. The zero-order valence-electron chi connectivity index (χ0n) is 16.3. The fourth-order valence-corrected chi connectivity index (χ4v) is 4.00. The summed E-state index contributed by atoms with van der Waals surface area (Å²) in [5.41, 5.74) is 2.31. The molecule has 0 aliphatic carbocycles. The molecule has 0 aliphatic rings. The normalized spacial score (nSPS) is 11.3. The molecule has 9 nitrogen and oxygen atoms in total. The highest BCUT2D eigenvalue weighted by Gasteiger charge is 2.29. The third-order valence-electron chi connectivity index (χ3n) is 4.67. The number of hydrogen-bond donors (Lipinski definition) is 1. The molecule has 30 heavy (non-hydrogen) atoms. The number of halogens is 3. The number of anilines is 1. The van der Waals surface area contributed by atoms with Gasteiger partial charge in [-0.15, -0.1) is 0 Å². The molecular weight excluding hydrogens is 545 g/mol. The van der Waals surface area contributed by atoms with Crippen LogP contribution >= 0.6 is 27.5 Å². The smallest absolute Gasteiger partial charge is 0.315 e. The van der Waals surface area contributed by atoms with Crippen LogP contribution in [-0.4, -0.2) is 41.7 Å². The van der Waals surface area contributed by atoms with Crippen LogP contribution in [0.1, 0.15) is 11.1 Å². The van der Waals surface area contributed by atoms with Crippen LogP contribution in [0.2, 0.25) is 5.02 Å². The number of nitro benzene ring substituents is 1. The lowest BCUT2D eigenvalue weighted by atomic mass is 10.1. The Morgan fingerprint density at radius 1 is 1.33 bits per heavy atom. The van der Waals surface area contributed by atoms with Crippen LogP contribution in [0.25, 0.3) is 11.0 Å². The number of aromatic nitrogens is 2. The molecule has 3 aromatic rings. The molecule has 0 spiro atoms. The molecule has 0 atom stereocenters. The van der Waals surface area contributed by atoms with E-state index in [2.05, 4.69) is 57.3 Å². The highest BCUT2D eigenvalue weighted by atomic mass is 79.9. The SMILES string of the molecule is C[N+](C)(CCNc1c([N+](=O)[O-])c(Cl)cc2c1no[n+]2[O-])Cc1ccccc1CBr.[Br-]. The summed E-state index contributed by atoms with van der Waals surface area (Å²) in [4.78, 5) is 11.1. The van der Waals surface area contributed by atoms with Crippen molar-refractivity contribution in [1.29, 1.82) is 0 Å². The van der Waals surface area contributed by atoms with E-state index in [-0.39, 0.29) is 49.3 Å². The molecule has 1 N–H and O–H groups in total. The Balaban J connectivity index is 0.00000320. The summed E-state index contributed by atoms with van der Waals surface area (Å²) in [6.45, 7) is 1.86. The average molecular weight is 566 g/mol. The lowest BCUT2D eigenvalue weighted by Gasteiger charge is -2.30. The van der Waals surface area contributed by atoms with Crippen molar-refractivity contribution >= 4 is 49.9 Å². The molecule has 0 saturated carbocycles. The van der Waals surface area contributed by atoms with Crippen molar-refractivity contribution in [2.45, 2.75) is 11.9 Å². The molecule has 0 unspecified atom stereocenters. The minimum atomic E-state index is -0.597. The summed E-state index contributed by atoms with van der Waals surface area (Å²) >= 11 is 9.54. The van der Waals surface area contributed by atoms with E-state index in [1.54, 1.807) is 0 Å². The van der Waals surface area contributed by atoms with Crippen molar-refractivity contribution < 1.29 is 35.9 Å². The van der Waals surface area contributed by atoms with Gasteiger partial charge in [0.15, 0.2) is 5.69 Å². The van der Waals surface area contributed by atoms with Crippen LogP contribution < -0.4 is 27.2 Å². The number of fused-ring (bicyclic) bond motifs is 1. The first-order chi connectivity index (χ1) is 13.7. The van der Waals surface area contributed by atoms with Crippen LogP contribution in [0.5, 0.6) is 0 Å². The van der Waals surface area contributed by atoms with E-state index in [9.17, 15) is 15.3 Å². The molecule has 1 heterocycles. The molecule has 0 amide bonds. The molecule has 12 heteroatoms. The van der Waals surface area contributed by atoms with E-state index < -0.39 is 4.92 Å². The summed E-state index contributed by atoms with van der Waals surface area (Å²) < 4.78 is 5.23. The minimum Gasteiger partial charge on any atom is -1.00 e. The number of rotatable bonds is 8. The minimum absolute atomic E-state index is 0. The molecule has 0 fully saturated rings. The maximum Gasteiger partial charge on any atom is 0.315 e. The van der Waals surface area contributed by atoms with Gasteiger partial charge in [0.05, 0.1) is 32.1 Å². The number of hydrogen-bond acceptors (Lipinski definition) is 6. The monoisotopic (exact) mass is 563 g/mol. The molecule has 0 aliphatic heterocycles. The molecule has 2 aromatic carbocycles. The molecule has 1 aromatic heterocycles. The number of nitrogens with zero attached hydrogens (tertiary/aromatic N) is 4. The van der Waals surface area contributed by atoms with Crippen molar-refractivity contribution in [2.24, 2.45) is 0 Å². The summed E-state index contributed by atoms with van der Waals surface area (Å²) in [5.74, 6) is 0. The zero-order chi connectivity index (χ0) is 21.2. The Bertz CT molecular complexity index is 1060. The van der Waals surface area contributed by atoms with Gasteiger partial charge >= 0.3 is 5.69 Å². The third kappa shape index (κ3) is 5.20. The van der Waals surface area contributed by atoms with Gasteiger partial charge in [0.1, 0.15) is 11.6 Å². The Hall–Kier alpha value is -1.95.